The summed E-state index contributed by atoms with van der Waals surface area (Å²) in [5.41, 5.74) is 6.91. The Morgan fingerprint density at radius 1 is 1.14 bits per heavy atom. The normalized spacial score (nSPS) is 12.7. The largest absolute Gasteiger partial charge is 0.383 e. The molecule has 0 aliphatic carbocycles. The van der Waals surface area contributed by atoms with Crippen molar-refractivity contribution in [1.29, 1.82) is 0 Å². The first-order chi connectivity index (χ1) is 13.8. The number of nitrogens with two attached hydrogens (primary N) is 1. The van der Waals surface area contributed by atoms with Gasteiger partial charge in [-0.05, 0) is 30.7 Å². The van der Waals surface area contributed by atoms with Crippen molar-refractivity contribution in [3.63, 3.8) is 0 Å². The van der Waals surface area contributed by atoms with Crippen LogP contribution in [-0.4, -0.2) is 38.1 Å². The second-order valence-corrected chi connectivity index (χ2v) is 8.18. The first kappa shape index (κ1) is 20.8. The van der Waals surface area contributed by atoms with E-state index in [4.69, 9.17) is 10.5 Å². The number of nitrogens with zero attached hydrogens (tertiary/aromatic N) is 2. The van der Waals surface area contributed by atoms with Crippen LogP contribution in [0.4, 0.5) is 10.2 Å². The summed E-state index contributed by atoms with van der Waals surface area (Å²) in [5, 5.41) is 0. The summed E-state index contributed by atoms with van der Waals surface area (Å²) in [6.07, 6.45) is 2.73. The quantitative estimate of drug-likeness (QED) is 0.613. The summed E-state index contributed by atoms with van der Waals surface area (Å²) < 4.78 is 48.0. The number of halogens is 1. The number of ether oxygens (including phenoxy) is 1. The lowest BCUT2D eigenvalue weighted by molar-refractivity contribution is 0.180. The molecule has 152 valence electrons. The Labute approximate surface area is 168 Å². The van der Waals surface area contributed by atoms with Gasteiger partial charge in [0.2, 0.25) is 10.0 Å². The zero-order chi connectivity index (χ0) is 21.0. The van der Waals surface area contributed by atoms with E-state index in [0.717, 1.165) is 0 Å². The van der Waals surface area contributed by atoms with Gasteiger partial charge in [-0.25, -0.2) is 22.5 Å². The van der Waals surface area contributed by atoms with Crippen molar-refractivity contribution in [2.45, 2.75) is 17.9 Å². The van der Waals surface area contributed by atoms with E-state index in [2.05, 4.69) is 14.7 Å². The molecule has 0 unspecified atom stereocenters. The second kappa shape index (κ2) is 8.64. The summed E-state index contributed by atoms with van der Waals surface area (Å²) in [5.74, 6) is -0.311. The molecule has 9 heteroatoms. The highest BCUT2D eigenvalue weighted by molar-refractivity contribution is 7.89. The number of hydrogen-bond acceptors (Lipinski definition) is 6. The van der Waals surface area contributed by atoms with Crippen molar-refractivity contribution in [1.82, 2.24) is 14.7 Å². The molecule has 3 aromatic rings. The fourth-order valence-electron chi connectivity index (χ4n) is 2.92. The van der Waals surface area contributed by atoms with Gasteiger partial charge in [-0.2, -0.15) is 0 Å². The molecule has 3 rings (SSSR count). The van der Waals surface area contributed by atoms with Gasteiger partial charge in [0, 0.05) is 24.3 Å². The molecule has 0 saturated carbocycles. The average molecular weight is 416 g/mol. The number of hydrogen-bond donors (Lipinski definition) is 2. The monoisotopic (exact) mass is 416 g/mol. The maximum atomic E-state index is 14.8. The Balaban J connectivity index is 2.00. The minimum Gasteiger partial charge on any atom is -0.383 e. The van der Waals surface area contributed by atoms with E-state index < -0.39 is 21.9 Å². The van der Waals surface area contributed by atoms with Crippen LogP contribution in [0.15, 0.2) is 59.8 Å². The molecule has 3 N–H and O–H groups in total. The summed E-state index contributed by atoms with van der Waals surface area (Å²) in [6, 6.07) is 10.5. The predicted octanol–water partition coefficient (Wildman–Crippen LogP) is 2.85. The summed E-state index contributed by atoms with van der Waals surface area (Å²) in [7, 11) is -2.33. The van der Waals surface area contributed by atoms with Crippen LogP contribution in [0.5, 0.6) is 0 Å². The smallest absolute Gasteiger partial charge is 0.241 e. The van der Waals surface area contributed by atoms with E-state index in [9.17, 15) is 12.8 Å². The van der Waals surface area contributed by atoms with Crippen molar-refractivity contribution in [2.24, 2.45) is 0 Å². The Morgan fingerprint density at radius 2 is 1.90 bits per heavy atom. The topological polar surface area (TPSA) is 107 Å². The minimum absolute atomic E-state index is 0.0578. The highest BCUT2D eigenvalue weighted by Crippen LogP contribution is 2.31. The van der Waals surface area contributed by atoms with Gasteiger partial charge in [0.15, 0.2) is 0 Å². The fourth-order valence-corrected chi connectivity index (χ4v) is 4.38. The van der Waals surface area contributed by atoms with Gasteiger partial charge in [-0.15, -0.1) is 0 Å². The molecule has 7 nitrogen and oxygen atoms in total. The molecule has 29 heavy (non-hydrogen) atoms. The SMILES string of the molecule is COC[C@H](C)NS(=O)(=O)c1ccccc1-c1ccc(-c2cnc(N)cn2)c(F)c1. The Morgan fingerprint density at radius 3 is 2.55 bits per heavy atom. The van der Waals surface area contributed by atoms with Crippen LogP contribution in [-0.2, 0) is 14.8 Å². The molecule has 0 aliphatic rings. The van der Waals surface area contributed by atoms with Gasteiger partial charge in [-0.1, -0.05) is 24.3 Å². The van der Waals surface area contributed by atoms with Crippen LogP contribution in [0.2, 0.25) is 0 Å². The number of rotatable bonds is 7. The molecule has 1 atom stereocenters. The van der Waals surface area contributed by atoms with Gasteiger partial charge in [-0.3, -0.25) is 4.98 Å². The van der Waals surface area contributed by atoms with E-state index in [1.54, 1.807) is 31.2 Å². The van der Waals surface area contributed by atoms with Crippen molar-refractivity contribution in [3.05, 3.63) is 60.7 Å². The van der Waals surface area contributed by atoms with Crippen molar-refractivity contribution in [2.75, 3.05) is 19.5 Å². The summed E-state index contributed by atoms with van der Waals surface area (Å²) >= 11 is 0. The maximum Gasteiger partial charge on any atom is 0.241 e. The lowest BCUT2D eigenvalue weighted by Crippen LogP contribution is -2.35. The van der Waals surface area contributed by atoms with Gasteiger partial charge in [0.05, 0.1) is 29.6 Å². The predicted molar refractivity (Wildman–Crippen MR) is 109 cm³/mol. The van der Waals surface area contributed by atoms with Crippen molar-refractivity contribution >= 4 is 15.8 Å². The maximum absolute atomic E-state index is 14.8. The van der Waals surface area contributed by atoms with Crippen LogP contribution >= 0.6 is 0 Å². The molecule has 0 saturated heterocycles. The summed E-state index contributed by atoms with van der Waals surface area (Å²) in [6.45, 7) is 1.93. The van der Waals surface area contributed by atoms with E-state index >= 15 is 0 Å². The first-order valence-electron chi connectivity index (χ1n) is 8.80. The standard InChI is InChI=1S/C20H21FN4O3S/c1-13(12-28-2)25-29(26,27)19-6-4-3-5-15(19)14-7-8-16(17(21)9-14)18-10-24-20(22)11-23-18/h3-11,13,25H,12H2,1-2H3,(H2,22,24)/t13-/m0/s1. The van der Waals surface area contributed by atoms with Crippen LogP contribution in [0.25, 0.3) is 22.4 Å². The molecule has 1 aromatic heterocycles. The third-order valence-corrected chi connectivity index (χ3v) is 5.83. The molecule has 0 spiro atoms. The average Bonchev–Trinajstić information content (AvgIpc) is 2.68. The number of nitrogen functional groups attached to an aromatic ring is 1. The third-order valence-electron chi connectivity index (χ3n) is 4.18. The zero-order valence-corrected chi connectivity index (χ0v) is 16.8. The molecular weight excluding hydrogens is 395 g/mol. The van der Waals surface area contributed by atoms with Crippen LogP contribution in [0, 0.1) is 5.82 Å². The van der Waals surface area contributed by atoms with Crippen LogP contribution < -0.4 is 10.5 Å². The summed E-state index contributed by atoms with van der Waals surface area (Å²) in [4.78, 5) is 8.05. The van der Waals surface area contributed by atoms with Crippen molar-refractivity contribution < 1.29 is 17.5 Å². The number of methoxy groups -OCH3 is 1. The highest BCUT2D eigenvalue weighted by Gasteiger charge is 2.22. The fraction of sp³-hybridized carbons (Fsp3) is 0.200. The first-order valence-corrected chi connectivity index (χ1v) is 10.3. The van der Waals surface area contributed by atoms with Crippen LogP contribution in [0.3, 0.4) is 0 Å². The number of anilines is 1. The van der Waals surface area contributed by atoms with E-state index in [1.807, 2.05) is 0 Å². The van der Waals surface area contributed by atoms with E-state index in [0.29, 0.717) is 16.8 Å². The Kier molecular flexibility index (Phi) is 6.21. The van der Waals surface area contributed by atoms with E-state index in [-0.39, 0.29) is 22.9 Å². The number of sulfonamides is 1. The second-order valence-electron chi connectivity index (χ2n) is 6.49. The van der Waals surface area contributed by atoms with Crippen LogP contribution in [0.1, 0.15) is 6.92 Å². The molecule has 0 radical (unpaired) electrons. The number of aromatic nitrogens is 2. The molecule has 0 fully saturated rings. The Hall–Kier alpha value is -2.88. The third kappa shape index (κ3) is 4.76. The zero-order valence-electron chi connectivity index (χ0n) is 16.0. The Bertz CT molecular complexity index is 1100. The van der Waals surface area contributed by atoms with E-state index in [1.165, 1.54) is 37.7 Å². The molecule has 0 aliphatic heterocycles. The van der Waals surface area contributed by atoms with Gasteiger partial charge in [0.25, 0.3) is 0 Å². The molecule has 2 aromatic carbocycles. The lowest BCUT2D eigenvalue weighted by Gasteiger charge is -2.16. The van der Waals surface area contributed by atoms with Gasteiger partial charge >= 0.3 is 0 Å². The highest BCUT2D eigenvalue weighted by atomic mass is 32.2. The van der Waals surface area contributed by atoms with Gasteiger partial charge < -0.3 is 10.5 Å². The molecule has 1 heterocycles. The molecule has 0 bridgehead atoms. The lowest BCUT2D eigenvalue weighted by atomic mass is 10.0. The van der Waals surface area contributed by atoms with Gasteiger partial charge in [0.1, 0.15) is 11.6 Å². The molecular formula is C20H21FN4O3S. The number of nitrogens with one attached hydrogen (secondary N) is 1. The van der Waals surface area contributed by atoms with Crippen molar-refractivity contribution in [3.8, 4) is 22.4 Å². The molecule has 0 amide bonds. The minimum atomic E-state index is -3.83. The number of benzene rings is 2.